The number of rotatable bonds is 6. The van der Waals surface area contributed by atoms with Gasteiger partial charge in [0.2, 0.25) is 0 Å². The quantitative estimate of drug-likeness (QED) is 0.700. The molecule has 0 aromatic heterocycles. The van der Waals surface area contributed by atoms with Crippen LogP contribution in [0.15, 0.2) is 24.3 Å². The number of amides is 2. The predicted molar refractivity (Wildman–Crippen MR) is 90.8 cm³/mol. The Balaban J connectivity index is 1.79. The van der Waals surface area contributed by atoms with Crippen molar-refractivity contribution in [1.29, 1.82) is 0 Å². The van der Waals surface area contributed by atoms with Crippen molar-refractivity contribution in [2.45, 2.75) is 12.8 Å². The van der Waals surface area contributed by atoms with E-state index in [4.69, 9.17) is 4.74 Å². The molecule has 2 N–H and O–H groups in total. The first-order valence-corrected chi connectivity index (χ1v) is 9.59. The predicted octanol–water partition coefficient (Wildman–Crippen LogP) is 0.353. The van der Waals surface area contributed by atoms with Gasteiger partial charge in [0.05, 0.1) is 11.5 Å². The summed E-state index contributed by atoms with van der Waals surface area (Å²) >= 11 is 0. The van der Waals surface area contributed by atoms with Gasteiger partial charge in [-0.2, -0.15) is 0 Å². The van der Waals surface area contributed by atoms with E-state index in [0.29, 0.717) is 17.7 Å². The number of anilines is 1. The summed E-state index contributed by atoms with van der Waals surface area (Å²) in [7, 11) is -1.54. The van der Waals surface area contributed by atoms with Gasteiger partial charge in [0, 0.05) is 24.7 Å². The maximum Gasteiger partial charge on any atom is 0.306 e. The zero-order valence-corrected chi connectivity index (χ0v) is 14.6. The second-order valence-corrected chi connectivity index (χ2v) is 8.07. The SMILES string of the molecule is CNC(=O)c1cccc(NC(=O)COC(=O)C[C@@H]2CCS(=O)(=O)C2)c1. The summed E-state index contributed by atoms with van der Waals surface area (Å²) in [5.41, 5.74) is 0.795. The van der Waals surface area contributed by atoms with Crippen LogP contribution in [0.4, 0.5) is 5.69 Å². The fourth-order valence-electron chi connectivity index (χ4n) is 2.55. The number of sulfone groups is 1. The van der Waals surface area contributed by atoms with Crippen LogP contribution in [0.25, 0.3) is 0 Å². The molecule has 1 heterocycles. The molecule has 1 aliphatic rings. The number of carbonyl (C=O) groups is 3. The maximum atomic E-state index is 11.8. The highest BCUT2D eigenvalue weighted by atomic mass is 32.2. The first-order valence-electron chi connectivity index (χ1n) is 7.77. The van der Waals surface area contributed by atoms with Gasteiger partial charge in [-0.1, -0.05) is 6.07 Å². The lowest BCUT2D eigenvalue weighted by Crippen LogP contribution is -2.23. The van der Waals surface area contributed by atoms with Crippen LogP contribution in [0.2, 0.25) is 0 Å². The van der Waals surface area contributed by atoms with Crippen molar-refractivity contribution in [1.82, 2.24) is 5.32 Å². The minimum absolute atomic E-state index is 0.0133. The van der Waals surface area contributed by atoms with Crippen LogP contribution < -0.4 is 10.6 Å². The molecule has 0 spiro atoms. The van der Waals surface area contributed by atoms with Crippen molar-refractivity contribution in [3.05, 3.63) is 29.8 Å². The summed E-state index contributed by atoms with van der Waals surface area (Å²) in [4.78, 5) is 35.1. The molecule has 8 nitrogen and oxygen atoms in total. The number of hydrogen-bond acceptors (Lipinski definition) is 6. The van der Waals surface area contributed by atoms with E-state index in [1.165, 1.54) is 13.1 Å². The molecule has 2 rings (SSSR count). The van der Waals surface area contributed by atoms with Crippen molar-refractivity contribution in [2.75, 3.05) is 30.5 Å². The van der Waals surface area contributed by atoms with Crippen molar-refractivity contribution in [3.8, 4) is 0 Å². The summed E-state index contributed by atoms with van der Waals surface area (Å²) in [6.07, 6.45) is 0.425. The molecule has 136 valence electrons. The maximum absolute atomic E-state index is 11.8. The minimum atomic E-state index is -3.05. The van der Waals surface area contributed by atoms with Crippen LogP contribution in [-0.4, -0.2) is 51.4 Å². The molecule has 2 amide bonds. The van der Waals surface area contributed by atoms with Gasteiger partial charge >= 0.3 is 5.97 Å². The number of ether oxygens (including phenoxy) is 1. The molecule has 25 heavy (non-hydrogen) atoms. The van der Waals surface area contributed by atoms with E-state index in [1.54, 1.807) is 18.2 Å². The Labute approximate surface area is 145 Å². The summed E-state index contributed by atoms with van der Waals surface area (Å²) in [5, 5.41) is 5.01. The van der Waals surface area contributed by atoms with Crippen molar-refractivity contribution in [3.63, 3.8) is 0 Å². The van der Waals surface area contributed by atoms with E-state index in [0.717, 1.165) is 0 Å². The number of hydrogen-bond donors (Lipinski definition) is 2. The Morgan fingerprint density at radius 2 is 2.04 bits per heavy atom. The number of esters is 1. The van der Waals surface area contributed by atoms with Crippen LogP contribution in [-0.2, 0) is 24.2 Å². The molecule has 0 aliphatic carbocycles. The topological polar surface area (TPSA) is 119 Å². The number of benzene rings is 1. The number of nitrogens with one attached hydrogen (secondary N) is 2. The van der Waals surface area contributed by atoms with Crippen LogP contribution in [0.3, 0.4) is 0 Å². The lowest BCUT2D eigenvalue weighted by molar-refractivity contribution is -0.148. The van der Waals surface area contributed by atoms with Crippen LogP contribution in [0, 0.1) is 5.92 Å². The second-order valence-electron chi connectivity index (χ2n) is 5.84. The number of carbonyl (C=O) groups excluding carboxylic acids is 3. The Morgan fingerprint density at radius 3 is 2.68 bits per heavy atom. The molecule has 0 saturated carbocycles. The highest BCUT2D eigenvalue weighted by Crippen LogP contribution is 2.21. The van der Waals surface area contributed by atoms with Gasteiger partial charge in [-0.05, 0) is 30.5 Å². The van der Waals surface area contributed by atoms with Gasteiger partial charge in [0.1, 0.15) is 0 Å². The summed E-state index contributed by atoms with van der Waals surface area (Å²) < 4.78 is 27.6. The Kier molecular flexibility index (Phi) is 6.13. The zero-order valence-electron chi connectivity index (χ0n) is 13.8. The van der Waals surface area contributed by atoms with Crippen LogP contribution in [0.5, 0.6) is 0 Å². The van der Waals surface area contributed by atoms with E-state index in [-0.39, 0.29) is 29.8 Å². The normalized spacial score (nSPS) is 18.4. The molecular weight excluding hydrogens is 348 g/mol. The van der Waals surface area contributed by atoms with Crippen molar-refractivity contribution in [2.24, 2.45) is 5.92 Å². The third-order valence-corrected chi connectivity index (χ3v) is 5.62. The van der Waals surface area contributed by atoms with Gasteiger partial charge in [0.15, 0.2) is 16.4 Å². The molecule has 0 radical (unpaired) electrons. The van der Waals surface area contributed by atoms with E-state index in [1.807, 2.05) is 0 Å². The molecule has 1 aromatic rings. The zero-order chi connectivity index (χ0) is 18.4. The summed E-state index contributed by atoms with van der Waals surface area (Å²) in [5.74, 6) is -1.59. The first kappa shape index (κ1) is 18.9. The third-order valence-electron chi connectivity index (χ3n) is 3.78. The average Bonchev–Trinajstić information content (AvgIpc) is 2.91. The highest BCUT2D eigenvalue weighted by molar-refractivity contribution is 7.91. The molecule has 1 aromatic carbocycles. The Bertz CT molecular complexity index is 775. The Hall–Kier alpha value is -2.42. The van der Waals surface area contributed by atoms with Crippen molar-refractivity contribution < 1.29 is 27.5 Å². The lowest BCUT2D eigenvalue weighted by atomic mass is 10.1. The van der Waals surface area contributed by atoms with E-state index in [2.05, 4.69) is 10.6 Å². The molecule has 0 bridgehead atoms. The highest BCUT2D eigenvalue weighted by Gasteiger charge is 2.29. The second kappa shape index (κ2) is 8.11. The van der Waals surface area contributed by atoms with Gasteiger partial charge in [-0.15, -0.1) is 0 Å². The smallest absolute Gasteiger partial charge is 0.306 e. The Morgan fingerprint density at radius 1 is 1.28 bits per heavy atom. The van der Waals surface area contributed by atoms with Gasteiger partial charge < -0.3 is 15.4 Å². The fourth-order valence-corrected chi connectivity index (χ4v) is 4.42. The summed E-state index contributed by atoms with van der Waals surface area (Å²) in [6, 6.07) is 6.33. The minimum Gasteiger partial charge on any atom is -0.456 e. The summed E-state index contributed by atoms with van der Waals surface area (Å²) in [6.45, 7) is -0.470. The van der Waals surface area contributed by atoms with Crippen LogP contribution >= 0.6 is 0 Å². The molecule has 1 aliphatic heterocycles. The average molecular weight is 368 g/mol. The lowest BCUT2D eigenvalue weighted by Gasteiger charge is -2.09. The monoisotopic (exact) mass is 368 g/mol. The van der Waals surface area contributed by atoms with Gasteiger partial charge in [-0.3, -0.25) is 14.4 Å². The molecule has 9 heteroatoms. The van der Waals surface area contributed by atoms with E-state index < -0.39 is 28.3 Å². The molecule has 1 atom stereocenters. The van der Waals surface area contributed by atoms with Gasteiger partial charge in [-0.25, -0.2) is 8.42 Å². The largest absolute Gasteiger partial charge is 0.456 e. The van der Waals surface area contributed by atoms with E-state index >= 15 is 0 Å². The van der Waals surface area contributed by atoms with Gasteiger partial charge in [0.25, 0.3) is 11.8 Å². The molecule has 1 fully saturated rings. The molecular formula is C16H20N2O6S. The van der Waals surface area contributed by atoms with E-state index in [9.17, 15) is 22.8 Å². The molecule has 1 saturated heterocycles. The van der Waals surface area contributed by atoms with Crippen LogP contribution in [0.1, 0.15) is 23.2 Å². The first-order chi connectivity index (χ1) is 11.8. The third kappa shape index (κ3) is 5.86. The molecule has 0 unspecified atom stereocenters. The standard InChI is InChI=1S/C16H20N2O6S/c1-17-16(21)12-3-2-4-13(8-12)18-14(19)9-24-15(20)7-11-5-6-25(22,23)10-11/h2-4,8,11H,5-7,9-10H2,1H3,(H,17,21)(H,18,19)/t11-/m0/s1. The fraction of sp³-hybridized carbons (Fsp3) is 0.438. The van der Waals surface area contributed by atoms with Crippen molar-refractivity contribution >= 4 is 33.3 Å².